The molecule has 1 atom stereocenters. The fourth-order valence-electron chi connectivity index (χ4n) is 2.32. The molecule has 1 unspecified atom stereocenters. The molecule has 0 saturated heterocycles. The maximum Gasteiger partial charge on any atom is 0.163 e. The molecule has 0 aliphatic heterocycles. The lowest BCUT2D eigenvalue weighted by Gasteiger charge is -2.13. The molecule has 108 valence electrons. The van der Waals surface area contributed by atoms with Crippen LogP contribution in [0.1, 0.15) is 18.0 Å². The Morgan fingerprint density at radius 3 is 2.86 bits per heavy atom. The van der Waals surface area contributed by atoms with Gasteiger partial charge >= 0.3 is 0 Å². The Kier molecular flexibility index (Phi) is 3.79. The first kappa shape index (κ1) is 13.5. The number of benzene rings is 1. The zero-order valence-corrected chi connectivity index (χ0v) is 11.9. The standard InChI is InChI=1S/C15H18N6/c1-21-15-12(9-20-21)14(18-10-19-15)17-8-7-13(16)11-5-3-2-4-6-11/h2-6,9-10,13H,7-8,16H2,1H3,(H,17,18,19). The van der Waals surface area contributed by atoms with Gasteiger partial charge in [0.25, 0.3) is 0 Å². The van der Waals surface area contributed by atoms with Gasteiger partial charge in [-0.25, -0.2) is 9.97 Å². The molecule has 0 saturated carbocycles. The smallest absolute Gasteiger partial charge is 0.163 e. The summed E-state index contributed by atoms with van der Waals surface area (Å²) in [5.41, 5.74) is 8.15. The Morgan fingerprint density at radius 2 is 2.05 bits per heavy atom. The minimum absolute atomic E-state index is 0.0185. The third-order valence-electron chi connectivity index (χ3n) is 3.50. The third kappa shape index (κ3) is 2.85. The second-order valence-corrected chi connectivity index (χ2v) is 4.96. The summed E-state index contributed by atoms with van der Waals surface area (Å²) in [4.78, 5) is 8.49. The number of rotatable bonds is 5. The maximum absolute atomic E-state index is 6.19. The summed E-state index contributed by atoms with van der Waals surface area (Å²) in [5.74, 6) is 0.799. The molecule has 0 fully saturated rings. The summed E-state index contributed by atoms with van der Waals surface area (Å²) in [6.45, 7) is 0.747. The van der Waals surface area contributed by atoms with Crippen LogP contribution < -0.4 is 11.1 Å². The summed E-state index contributed by atoms with van der Waals surface area (Å²) in [6, 6.07) is 10.1. The van der Waals surface area contributed by atoms with E-state index in [-0.39, 0.29) is 6.04 Å². The van der Waals surface area contributed by atoms with E-state index in [1.54, 1.807) is 17.2 Å². The monoisotopic (exact) mass is 282 g/mol. The van der Waals surface area contributed by atoms with Crippen LogP contribution in [0.15, 0.2) is 42.9 Å². The molecule has 3 aromatic rings. The number of nitrogens with two attached hydrogens (primary N) is 1. The lowest BCUT2D eigenvalue weighted by Crippen LogP contribution is -2.15. The SMILES string of the molecule is Cn1ncc2c(NCCC(N)c3ccccc3)ncnc21. The molecule has 21 heavy (non-hydrogen) atoms. The van der Waals surface area contributed by atoms with E-state index in [4.69, 9.17) is 5.73 Å². The molecule has 6 nitrogen and oxygen atoms in total. The number of nitrogens with one attached hydrogen (secondary N) is 1. The molecule has 1 aromatic carbocycles. The Hall–Kier alpha value is -2.47. The van der Waals surface area contributed by atoms with Crippen LogP contribution in [0.3, 0.4) is 0 Å². The van der Waals surface area contributed by atoms with Crippen molar-refractivity contribution >= 4 is 16.9 Å². The molecule has 0 aliphatic rings. The highest BCUT2D eigenvalue weighted by atomic mass is 15.3. The molecule has 0 aliphatic carbocycles. The van der Waals surface area contributed by atoms with Gasteiger partial charge in [-0.15, -0.1) is 0 Å². The summed E-state index contributed by atoms with van der Waals surface area (Å²) in [6.07, 6.45) is 4.15. The highest BCUT2D eigenvalue weighted by Crippen LogP contribution is 2.19. The Labute approximate surface area is 123 Å². The van der Waals surface area contributed by atoms with Crippen molar-refractivity contribution in [3.8, 4) is 0 Å². The highest BCUT2D eigenvalue weighted by Gasteiger charge is 2.09. The second kappa shape index (κ2) is 5.88. The maximum atomic E-state index is 6.19. The zero-order chi connectivity index (χ0) is 14.7. The molecule has 3 N–H and O–H groups in total. The van der Waals surface area contributed by atoms with Crippen LogP contribution in [0.25, 0.3) is 11.0 Å². The molecule has 2 aromatic heterocycles. The first-order valence-corrected chi connectivity index (χ1v) is 6.93. The van der Waals surface area contributed by atoms with Gasteiger partial charge in [-0.1, -0.05) is 30.3 Å². The molecule has 0 bridgehead atoms. The Morgan fingerprint density at radius 1 is 1.24 bits per heavy atom. The topological polar surface area (TPSA) is 81.7 Å². The molecule has 0 amide bonds. The van der Waals surface area contributed by atoms with Gasteiger partial charge in [0.1, 0.15) is 12.1 Å². The van der Waals surface area contributed by atoms with E-state index in [1.165, 1.54) is 0 Å². The first-order chi connectivity index (χ1) is 10.3. The van der Waals surface area contributed by atoms with Crippen molar-refractivity contribution in [2.24, 2.45) is 12.8 Å². The van der Waals surface area contributed by atoms with E-state index in [0.717, 1.165) is 35.4 Å². The average molecular weight is 282 g/mol. The van der Waals surface area contributed by atoms with Gasteiger partial charge in [-0.3, -0.25) is 4.68 Å². The van der Waals surface area contributed by atoms with E-state index >= 15 is 0 Å². The number of aryl methyl sites for hydroxylation is 1. The Balaban J connectivity index is 1.65. The van der Waals surface area contributed by atoms with Crippen LogP contribution in [0.4, 0.5) is 5.82 Å². The van der Waals surface area contributed by atoms with Crippen molar-refractivity contribution in [1.82, 2.24) is 19.7 Å². The molecule has 0 spiro atoms. The number of anilines is 1. The highest BCUT2D eigenvalue weighted by molar-refractivity contribution is 5.85. The van der Waals surface area contributed by atoms with Crippen molar-refractivity contribution in [2.75, 3.05) is 11.9 Å². The van der Waals surface area contributed by atoms with Gasteiger partial charge in [0.2, 0.25) is 0 Å². The average Bonchev–Trinajstić information content (AvgIpc) is 2.91. The molecule has 0 radical (unpaired) electrons. The van der Waals surface area contributed by atoms with Crippen molar-refractivity contribution in [3.63, 3.8) is 0 Å². The molecular formula is C15H18N6. The van der Waals surface area contributed by atoms with E-state index in [2.05, 4.69) is 32.5 Å². The summed E-state index contributed by atoms with van der Waals surface area (Å²) in [7, 11) is 1.87. The normalized spacial score (nSPS) is 12.5. The van der Waals surface area contributed by atoms with Gasteiger partial charge in [0, 0.05) is 19.6 Å². The van der Waals surface area contributed by atoms with Crippen molar-refractivity contribution in [3.05, 3.63) is 48.4 Å². The fraction of sp³-hybridized carbons (Fsp3) is 0.267. The van der Waals surface area contributed by atoms with Crippen molar-refractivity contribution in [1.29, 1.82) is 0 Å². The quantitative estimate of drug-likeness (QED) is 0.746. The minimum atomic E-state index is 0.0185. The Bertz CT molecular complexity index is 721. The van der Waals surface area contributed by atoms with E-state index in [1.807, 2.05) is 25.2 Å². The lowest BCUT2D eigenvalue weighted by molar-refractivity contribution is 0.674. The van der Waals surface area contributed by atoms with Gasteiger partial charge in [-0.05, 0) is 12.0 Å². The van der Waals surface area contributed by atoms with Crippen LogP contribution in [-0.2, 0) is 7.05 Å². The van der Waals surface area contributed by atoms with Crippen LogP contribution in [-0.4, -0.2) is 26.3 Å². The van der Waals surface area contributed by atoms with Crippen LogP contribution in [0.5, 0.6) is 0 Å². The summed E-state index contributed by atoms with van der Waals surface area (Å²) >= 11 is 0. The second-order valence-electron chi connectivity index (χ2n) is 4.96. The molecule has 3 rings (SSSR count). The fourth-order valence-corrected chi connectivity index (χ4v) is 2.32. The number of fused-ring (bicyclic) bond motifs is 1. The molecule has 6 heteroatoms. The van der Waals surface area contributed by atoms with Crippen molar-refractivity contribution in [2.45, 2.75) is 12.5 Å². The predicted molar refractivity (Wildman–Crippen MR) is 82.8 cm³/mol. The minimum Gasteiger partial charge on any atom is -0.369 e. The van der Waals surface area contributed by atoms with Gasteiger partial charge in [0.05, 0.1) is 11.6 Å². The number of aromatic nitrogens is 4. The predicted octanol–water partition coefficient (Wildman–Crippen LogP) is 1.87. The largest absolute Gasteiger partial charge is 0.369 e. The van der Waals surface area contributed by atoms with Crippen LogP contribution in [0.2, 0.25) is 0 Å². The van der Waals surface area contributed by atoms with E-state index < -0.39 is 0 Å². The van der Waals surface area contributed by atoms with Crippen LogP contribution >= 0.6 is 0 Å². The summed E-state index contributed by atoms with van der Waals surface area (Å²) < 4.78 is 1.73. The number of hydrogen-bond acceptors (Lipinski definition) is 5. The third-order valence-corrected chi connectivity index (χ3v) is 3.50. The first-order valence-electron chi connectivity index (χ1n) is 6.93. The summed E-state index contributed by atoms with van der Waals surface area (Å²) in [5, 5.41) is 8.44. The van der Waals surface area contributed by atoms with Gasteiger partial charge < -0.3 is 11.1 Å². The van der Waals surface area contributed by atoms with E-state index in [9.17, 15) is 0 Å². The lowest BCUT2D eigenvalue weighted by atomic mass is 10.1. The molecular weight excluding hydrogens is 264 g/mol. The van der Waals surface area contributed by atoms with E-state index in [0.29, 0.717) is 0 Å². The number of hydrogen-bond donors (Lipinski definition) is 2. The van der Waals surface area contributed by atoms with Crippen LogP contribution in [0, 0.1) is 0 Å². The van der Waals surface area contributed by atoms with Crippen molar-refractivity contribution < 1.29 is 0 Å². The zero-order valence-electron chi connectivity index (χ0n) is 11.9. The number of nitrogens with zero attached hydrogens (tertiary/aromatic N) is 4. The van der Waals surface area contributed by atoms with Gasteiger partial charge in [-0.2, -0.15) is 5.10 Å². The molecule has 2 heterocycles. The van der Waals surface area contributed by atoms with Gasteiger partial charge in [0.15, 0.2) is 5.65 Å².